The number of hydrogen-bond acceptors (Lipinski definition) is 4. The van der Waals surface area contributed by atoms with Crippen molar-refractivity contribution in [2.45, 2.75) is 32.7 Å². The van der Waals surface area contributed by atoms with Crippen LogP contribution in [0, 0.1) is 5.41 Å². The van der Waals surface area contributed by atoms with Crippen LogP contribution in [0.4, 0.5) is 5.69 Å². The molecule has 5 heteroatoms. The Labute approximate surface area is 118 Å². The Kier molecular flexibility index (Phi) is 2.55. The Morgan fingerprint density at radius 2 is 2.15 bits per heavy atom. The second-order valence-corrected chi connectivity index (χ2v) is 6.06. The molecule has 2 aromatic rings. The van der Waals surface area contributed by atoms with Gasteiger partial charge in [-0.15, -0.1) is 5.10 Å². The lowest BCUT2D eigenvalue weighted by atomic mass is 10.1. The van der Waals surface area contributed by atoms with Crippen molar-refractivity contribution in [3.8, 4) is 11.3 Å². The van der Waals surface area contributed by atoms with E-state index in [1.54, 1.807) is 0 Å². The van der Waals surface area contributed by atoms with Crippen molar-refractivity contribution in [2.75, 3.05) is 18.0 Å². The number of pyridine rings is 1. The van der Waals surface area contributed by atoms with Gasteiger partial charge in [-0.3, -0.25) is 9.67 Å². The van der Waals surface area contributed by atoms with Gasteiger partial charge in [0, 0.05) is 31.4 Å². The Morgan fingerprint density at radius 1 is 1.25 bits per heavy atom. The van der Waals surface area contributed by atoms with Crippen LogP contribution in [0.2, 0.25) is 0 Å². The third-order valence-electron chi connectivity index (χ3n) is 4.64. The third-order valence-corrected chi connectivity index (χ3v) is 4.64. The van der Waals surface area contributed by atoms with E-state index in [1.165, 1.54) is 31.5 Å². The van der Waals surface area contributed by atoms with Crippen molar-refractivity contribution >= 4 is 5.69 Å². The first-order chi connectivity index (χ1) is 9.78. The molecule has 1 aliphatic carbocycles. The minimum Gasteiger partial charge on any atom is -0.370 e. The summed E-state index contributed by atoms with van der Waals surface area (Å²) < 4.78 is 1.84. The Morgan fingerprint density at radius 3 is 2.85 bits per heavy atom. The zero-order valence-corrected chi connectivity index (χ0v) is 11.8. The first kappa shape index (κ1) is 11.9. The molecule has 104 valence electrons. The van der Waals surface area contributed by atoms with Crippen molar-refractivity contribution in [3.05, 3.63) is 24.7 Å². The van der Waals surface area contributed by atoms with Crippen LogP contribution in [-0.4, -0.2) is 33.1 Å². The van der Waals surface area contributed by atoms with Gasteiger partial charge in [-0.05, 0) is 37.7 Å². The van der Waals surface area contributed by atoms with Gasteiger partial charge in [0.15, 0.2) is 0 Å². The first-order valence-electron chi connectivity index (χ1n) is 7.39. The van der Waals surface area contributed by atoms with Crippen molar-refractivity contribution < 1.29 is 0 Å². The van der Waals surface area contributed by atoms with Crippen LogP contribution in [0.1, 0.15) is 26.2 Å². The smallest absolute Gasteiger partial charge is 0.114 e. The van der Waals surface area contributed by atoms with E-state index in [1.807, 2.05) is 23.3 Å². The van der Waals surface area contributed by atoms with Gasteiger partial charge in [-0.25, -0.2) is 0 Å². The van der Waals surface area contributed by atoms with Crippen LogP contribution in [0.15, 0.2) is 24.7 Å². The fourth-order valence-corrected chi connectivity index (χ4v) is 3.07. The number of anilines is 1. The molecule has 2 aromatic heterocycles. The molecule has 5 nitrogen and oxygen atoms in total. The molecular weight excluding hydrogens is 250 g/mol. The summed E-state index contributed by atoms with van der Waals surface area (Å²) in [6, 6.07) is 2.19. The van der Waals surface area contributed by atoms with Gasteiger partial charge < -0.3 is 4.90 Å². The molecule has 2 aliphatic rings. The highest BCUT2D eigenvalue weighted by Gasteiger charge is 2.47. The number of aromatic nitrogens is 4. The molecular formula is C15H19N5. The largest absolute Gasteiger partial charge is 0.370 e. The van der Waals surface area contributed by atoms with Crippen LogP contribution < -0.4 is 4.90 Å². The number of nitrogens with zero attached hydrogens (tertiary/aromatic N) is 5. The summed E-state index contributed by atoms with van der Waals surface area (Å²) in [4.78, 5) is 6.86. The van der Waals surface area contributed by atoms with Crippen LogP contribution in [-0.2, 0) is 6.54 Å². The van der Waals surface area contributed by atoms with E-state index in [9.17, 15) is 0 Å². The second-order valence-electron chi connectivity index (χ2n) is 6.06. The second kappa shape index (κ2) is 4.30. The fourth-order valence-electron chi connectivity index (χ4n) is 3.07. The predicted molar refractivity (Wildman–Crippen MR) is 77.4 cm³/mol. The quantitative estimate of drug-likeness (QED) is 0.858. The highest BCUT2D eigenvalue weighted by atomic mass is 15.4. The summed E-state index contributed by atoms with van der Waals surface area (Å²) in [5.74, 6) is 0. The van der Waals surface area contributed by atoms with Gasteiger partial charge in [-0.1, -0.05) is 5.21 Å². The number of aryl methyl sites for hydroxylation is 1. The average Bonchev–Trinajstić information content (AvgIpc) is 2.92. The average molecular weight is 269 g/mol. The first-order valence-corrected chi connectivity index (χ1v) is 7.39. The maximum atomic E-state index is 4.39. The highest BCUT2D eigenvalue weighted by molar-refractivity contribution is 5.63. The summed E-state index contributed by atoms with van der Waals surface area (Å²) in [6.07, 6.45) is 9.96. The van der Waals surface area contributed by atoms with Crippen molar-refractivity contribution in [1.82, 2.24) is 20.0 Å². The minimum atomic E-state index is 0.640. The highest BCUT2D eigenvalue weighted by Crippen LogP contribution is 2.53. The lowest BCUT2D eigenvalue weighted by Gasteiger charge is -2.18. The van der Waals surface area contributed by atoms with Crippen LogP contribution >= 0.6 is 0 Å². The molecule has 0 amide bonds. The monoisotopic (exact) mass is 269 g/mol. The van der Waals surface area contributed by atoms with E-state index in [0.29, 0.717) is 5.41 Å². The zero-order valence-electron chi connectivity index (χ0n) is 11.8. The minimum absolute atomic E-state index is 0.640. The number of rotatable bonds is 3. The molecule has 1 saturated carbocycles. The SMILES string of the molecule is CCn1cc(-c2cncc(N3CCC4(CC4)C3)c2)nn1. The molecule has 0 bridgehead atoms. The predicted octanol–water partition coefficient (Wildman–Crippen LogP) is 2.35. The number of hydrogen-bond donors (Lipinski definition) is 0. The molecule has 0 aromatic carbocycles. The van der Waals surface area contributed by atoms with E-state index >= 15 is 0 Å². The molecule has 2 fully saturated rings. The fraction of sp³-hybridized carbons (Fsp3) is 0.533. The standard InChI is InChI=1S/C15H19N5/c1-2-20-10-14(17-18-20)12-7-13(9-16-8-12)19-6-5-15(11-19)3-4-15/h7-10H,2-6,11H2,1H3. The summed E-state index contributed by atoms with van der Waals surface area (Å²) in [5, 5.41) is 8.32. The van der Waals surface area contributed by atoms with E-state index in [-0.39, 0.29) is 0 Å². The van der Waals surface area contributed by atoms with Crippen molar-refractivity contribution in [2.24, 2.45) is 5.41 Å². The maximum absolute atomic E-state index is 4.39. The van der Waals surface area contributed by atoms with Gasteiger partial charge in [0.2, 0.25) is 0 Å². The van der Waals surface area contributed by atoms with Gasteiger partial charge in [0.05, 0.1) is 18.1 Å². The molecule has 20 heavy (non-hydrogen) atoms. The Bertz CT molecular complexity index is 629. The summed E-state index contributed by atoms with van der Waals surface area (Å²) >= 11 is 0. The van der Waals surface area contributed by atoms with Crippen LogP contribution in [0.5, 0.6) is 0 Å². The van der Waals surface area contributed by atoms with Gasteiger partial charge in [0.25, 0.3) is 0 Å². The van der Waals surface area contributed by atoms with Crippen LogP contribution in [0.3, 0.4) is 0 Å². The summed E-state index contributed by atoms with van der Waals surface area (Å²) in [6.45, 7) is 5.26. The molecule has 1 spiro atoms. The summed E-state index contributed by atoms with van der Waals surface area (Å²) in [7, 11) is 0. The Hall–Kier alpha value is -1.91. The molecule has 3 heterocycles. The maximum Gasteiger partial charge on any atom is 0.114 e. The van der Waals surface area contributed by atoms with Gasteiger partial charge >= 0.3 is 0 Å². The topological polar surface area (TPSA) is 46.8 Å². The van der Waals surface area contributed by atoms with Crippen molar-refractivity contribution in [1.29, 1.82) is 0 Å². The molecule has 1 saturated heterocycles. The van der Waals surface area contributed by atoms with E-state index in [0.717, 1.165) is 24.3 Å². The van der Waals surface area contributed by atoms with E-state index < -0.39 is 0 Å². The third kappa shape index (κ3) is 1.97. The van der Waals surface area contributed by atoms with Gasteiger partial charge in [-0.2, -0.15) is 0 Å². The summed E-state index contributed by atoms with van der Waals surface area (Å²) in [5.41, 5.74) is 3.82. The molecule has 0 unspecified atom stereocenters. The molecule has 0 atom stereocenters. The lowest BCUT2D eigenvalue weighted by molar-refractivity contribution is 0.581. The van der Waals surface area contributed by atoms with E-state index in [4.69, 9.17) is 0 Å². The van der Waals surface area contributed by atoms with E-state index in [2.05, 4.69) is 33.2 Å². The van der Waals surface area contributed by atoms with Gasteiger partial charge in [0.1, 0.15) is 5.69 Å². The normalized spacial score (nSPS) is 19.8. The van der Waals surface area contributed by atoms with Crippen molar-refractivity contribution in [3.63, 3.8) is 0 Å². The molecule has 0 N–H and O–H groups in total. The zero-order chi connectivity index (χ0) is 13.6. The Balaban J connectivity index is 1.61. The lowest BCUT2D eigenvalue weighted by Crippen LogP contribution is -2.20. The van der Waals surface area contributed by atoms with Crippen LogP contribution in [0.25, 0.3) is 11.3 Å². The molecule has 0 radical (unpaired) electrons. The molecule has 4 rings (SSSR count). The molecule has 1 aliphatic heterocycles.